The van der Waals surface area contributed by atoms with Gasteiger partial charge in [0.1, 0.15) is 0 Å². The van der Waals surface area contributed by atoms with Gasteiger partial charge in [0.2, 0.25) is 5.91 Å². The molecule has 2 aromatic carbocycles. The number of anilines is 1. The Bertz CT molecular complexity index is 754. The molecule has 0 aliphatic carbocycles. The summed E-state index contributed by atoms with van der Waals surface area (Å²) in [6, 6.07) is 15.7. The molecule has 0 saturated heterocycles. The van der Waals surface area contributed by atoms with Crippen LogP contribution in [0.5, 0.6) is 0 Å². The molecule has 0 fully saturated rings. The summed E-state index contributed by atoms with van der Waals surface area (Å²) in [7, 11) is 0. The molecule has 0 N–H and O–H groups in total. The first-order valence-electron chi connectivity index (χ1n) is 8.17. The molecule has 1 unspecified atom stereocenters. The zero-order valence-corrected chi connectivity index (χ0v) is 14.8. The first-order valence-corrected chi connectivity index (χ1v) is 9.40. The highest BCUT2D eigenvalue weighted by atomic mass is 32.2. The number of para-hydroxylation sites is 1. The van der Waals surface area contributed by atoms with Gasteiger partial charge in [-0.3, -0.25) is 9.59 Å². The Balaban J connectivity index is 1.64. The van der Waals surface area contributed by atoms with Crippen molar-refractivity contribution in [3.05, 3.63) is 59.7 Å². The maximum atomic E-state index is 12.6. The van der Waals surface area contributed by atoms with Crippen molar-refractivity contribution < 1.29 is 9.59 Å². The second-order valence-corrected chi connectivity index (χ2v) is 6.98. The van der Waals surface area contributed by atoms with Crippen molar-refractivity contribution in [3.63, 3.8) is 0 Å². The molecule has 1 atom stereocenters. The Hall–Kier alpha value is -2.07. The lowest BCUT2D eigenvalue weighted by Gasteiger charge is -2.22. The topological polar surface area (TPSA) is 37.4 Å². The van der Waals surface area contributed by atoms with Crippen molar-refractivity contribution in [2.75, 3.05) is 11.2 Å². The molecule has 4 heteroatoms. The van der Waals surface area contributed by atoms with Crippen molar-refractivity contribution >= 4 is 29.1 Å². The van der Waals surface area contributed by atoms with E-state index in [2.05, 4.69) is 13.0 Å². The average molecular weight is 339 g/mol. The number of carbonyl (C=O) groups excluding carboxylic acids is 2. The molecule has 0 saturated carbocycles. The van der Waals surface area contributed by atoms with Crippen molar-refractivity contribution in [2.24, 2.45) is 0 Å². The number of Topliss-reactive ketones (excluding diaryl/α,β-unsaturated/α-hetero) is 1. The molecule has 1 amide bonds. The second kappa shape index (κ2) is 7.22. The fourth-order valence-electron chi connectivity index (χ4n) is 3.21. The van der Waals surface area contributed by atoms with E-state index in [9.17, 15) is 9.59 Å². The van der Waals surface area contributed by atoms with Gasteiger partial charge in [-0.25, -0.2) is 0 Å². The number of fused-ring (bicyclic) bond motifs is 1. The van der Waals surface area contributed by atoms with Crippen LogP contribution < -0.4 is 4.90 Å². The molecule has 1 aliphatic heterocycles. The minimum Gasteiger partial charge on any atom is -0.309 e. The van der Waals surface area contributed by atoms with E-state index in [-0.39, 0.29) is 30.6 Å². The van der Waals surface area contributed by atoms with Gasteiger partial charge in [-0.05, 0) is 43.4 Å². The average Bonchev–Trinajstić information content (AvgIpc) is 2.95. The number of hydrogen-bond acceptors (Lipinski definition) is 3. The highest BCUT2D eigenvalue weighted by Crippen LogP contribution is 2.32. The summed E-state index contributed by atoms with van der Waals surface area (Å²) in [4.78, 5) is 27.9. The number of thioether (sulfide) groups is 1. The van der Waals surface area contributed by atoms with Gasteiger partial charge in [-0.15, -0.1) is 11.8 Å². The molecule has 3 nitrogen and oxygen atoms in total. The third-order valence-electron chi connectivity index (χ3n) is 4.45. The van der Waals surface area contributed by atoms with E-state index in [4.69, 9.17) is 0 Å². The van der Waals surface area contributed by atoms with Gasteiger partial charge < -0.3 is 4.90 Å². The molecule has 0 spiro atoms. The molecule has 1 heterocycles. The number of rotatable bonds is 5. The summed E-state index contributed by atoms with van der Waals surface area (Å²) in [5.74, 6) is 0.0534. The molecular formula is C20H21NO2S. The molecule has 0 aromatic heterocycles. The maximum Gasteiger partial charge on any atom is 0.227 e. The monoisotopic (exact) mass is 339 g/mol. The predicted octanol–water partition coefficient (Wildman–Crippen LogP) is 4.35. The fraction of sp³-hybridized carbons (Fsp3) is 0.300. The summed E-state index contributed by atoms with van der Waals surface area (Å²) >= 11 is 1.65. The van der Waals surface area contributed by atoms with Crippen LogP contribution in [0.15, 0.2) is 53.4 Å². The lowest BCUT2D eigenvalue weighted by Crippen LogP contribution is -2.35. The minimum absolute atomic E-state index is 0.0242. The summed E-state index contributed by atoms with van der Waals surface area (Å²) in [5.41, 5.74) is 2.87. The molecule has 24 heavy (non-hydrogen) atoms. The van der Waals surface area contributed by atoms with Crippen LogP contribution in [0.2, 0.25) is 0 Å². The molecule has 0 radical (unpaired) electrons. The van der Waals surface area contributed by atoms with Gasteiger partial charge in [-0.2, -0.15) is 0 Å². The van der Waals surface area contributed by atoms with Crippen molar-refractivity contribution in [2.45, 2.75) is 37.1 Å². The maximum absolute atomic E-state index is 12.6. The Morgan fingerprint density at radius 3 is 2.50 bits per heavy atom. The van der Waals surface area contributed by atoms with Crippen molar-refractivity contribution in [1.82, 2.24) is 0 Å². The first-order chi connectivity index (χ1) is 11.6. The van der Waals surface area contributed by atoms with Crippen LogP contribution in [0.1, 0.15) is 35.7 Å². The zero-order valence-electron chi connectivity index (χ0n) is 14.0. The van der Waals surface area contributed by atoms with Gasteiger partial charge in [0.05, 0.1) is 0 Å². The van der Waals surface area contributed by atoms with Crippen molar-refractivity contribution in [3.8, 4) is 0 Å². The van der Waals surface area contributed by atoms with Crippen molar-refractivity contribution in [1.29, 1.82) is 0 Å². The minimum atomic E-state index is 0.0242. The highest BCUT2D eigenvalue weighted by molar-refractivity contribution is 7.98. The van der Waals surface area contributed by atoms with Crippen LogP contribution in [-0.2, 0) is 11.2 Å². The largest absolute Gasteiger partial charge is 0.309 e. The molecule has 1 aliphatic rings. The van der Waals surface area contributed by atoms with E-state index in [0.29, 0.717) is 5.56 Å². The number of hydrogen-bond donors (Lipinski definition) is 0. The fourth-order valence-corrected chi connectivity index (χ4v) is 3.62. The Labute approximate surface area is 147 Å². The van der Waals surface area contributed by atoms with Crippen LogP contribution >= 0.6 is 11.8 Å². The quantitative estimate of drug-likeness (QED) is 0.600. The number of carbonyl (C=O) groups is 2. The Morgan fingerprint density at radius 1 is 1.08 bits per heavy atom. The Morgan fingerprint density at radius 2 is 1.79 bits per heavy atom. The lowest BCUT2D eigenvalue weighted by molar-refractivity contribution is -0.118. The summed E-state index contributed by atoms with van der Waals surface area (Å²) in [6.45, 7) is 2.06. The van der Waals surface area contributed by atoms with E-state index in [1.807, 2.05) is 53.6 Å². The van der Waals surface area contributed by atoms with E-state index in [0.717, 1.165) is 17.0 Å². The molecule has 3 rings (SSSR count). The van der Waals surface area contributed by atoms with E-state index >= 15 is 0 Å². The third kappa shape index (κ3) is 3.39. The van der Waals surface area contributed by atoms with Gasteiger partial charge in [-0.1, -0.05) is 30.3 Å². The summed E-state index contributed by atoms with van der Waals surface area (Å²) in [5, 5.41) is 0. The number of amides is 1. The van der Waals surface area contributed by atoms with Crippen LogP contribution in [0, 0.1) is 0 Å². The van der Waals surface area contributed by atoms with Gasteiger partial charge >= 0.3 is 0 Å². The van der Waals surface area contributed by atoms with Gasteiger partial charge in [0.25, 0.3) is 0 Å². The third-order valence-corrected chi connectivity index (χ3v) is 5.20. The van der Waals surface area contributed by atoms with Gasteiger partial charge in [0, 0.05) is 35.0 Å². The standard InChI is InChI=1S/C20H21NO2S/c1-14-13-16-5-3-4-6-18(16)21(14)20(23)12-11-19(22)15-7-9-17(24-2)10-8-15/h3-10,14H,11-13H2,1-2H3. The van der Waals surface area contributed by atoms with Gasteiger partial charge in [0.15, 0.2) is 5.78 Å². The predicted molar refractivity (Wildman–Crippen MR) is 98.9 cm³/mol. The zero-order chi connectivity index (χ0) is 17.1. The number of nitrogens with zero attached hydrogens (tertiary/aromatic N) is 1. The highest BCUT2D eigenvalue weighted by Gasteiger charge is 2.30. The van der Waals surface area contributed by atoms with E-state index < -0.39 is 0 Å². The normalized spacial score (nSPS) is 16.1. The number of ketones is 1. The molecule has 0 bridgehead atoms. The summed E-state index contributed by atoms with van der Waals surface area (Å²) in [6.07, 6.45) is 3.39. The molecule has 2 aromatic rings. The SMILES string of the molecule is CSc1ccc(C(=O)CCC(=O)N2c3ccccc3CC2C)cc1. The van der Waals surface area contributed by atoms with E-state index in [1.54, 1.807) is 11.8 Å². The van der Waals surface area contributed by atoms with Crippen LogP contribution in [-0.4, -0.2) is 24.0 Å². The number of benzene rings is 2. The molecule has 124 valence electrons. The van der Waals surface area contributed by atoms with Crippen LogP contribution in [0.4, 0.5) is 5.69 Å². The van der Waals surface area contributed by atoms with Crippen LogP contribution in [0.3, 0.4) is 0 Å². The second-order valence-electron chi connectivity index (χ2n) is 6.10. The smallest absolute Gasteiger partial charge is 0.227 e. The summed E-state index contributed by atoms with van der Waals surface area (Å²) < 4.78 is 0. The van der Waals surface area contributed by atoms with E-state index in [1.165, 1.54) is 5.56 Å². The first kappa shape index (κ1) is 16.8. The Kier molecular flexibility index (Phi) is 5.05. The lowest BCUT2D eigenvalue weighted by atomic mass is 10.1. The van der Waals surface area contributed by atoms with Crippen LogP contribution in [0.25, 0.3) is 0 Å². The molecular weight excluding hydrogens is 318 g/mol.